The van der Waals surface area contributed by atoms with E-state index >= 15 is 0 Å². The Bertz CT molecular complexity index is 1480. The van der Waals surface area contributed by atoms with Gasteiger partial charge in [-0.2, -0.15) is 0 Å². The summed E-state index contributed by atoms with van der Waals surface area (Å²) in [5.41, 5.74) is 2.22. The maximum absolute atomic E-state index is 13.4. The van der Waals surface area contributed by atoms with Crippen LogP contribution in [-0.2, 0) is 6.54 Å². The van der Waals surface area contributed by atoms with Crippen LogP contribution in [-0.4, -0.2) is 39.5 Å². The average Bonchev–Trinajstić information content (AvgIpc) is 3.19. The second-order valence-electron chi connectivity index (χ2n) is 9.79. The molecule has 5 rings (SSSR count). The Balaban J connectivity index is 1.26. The lowest BCUT2D eigenvalue weighted by Gasteiger charge is -2.29. The van der Waals surface area contributed by atoms with E-state index in [-0.39, 0.29) is 29.2 Å². The number of rotatable bonds is 8. The average molecular weight is 515 g/mol. The van der Waals surface area contributed by atoms with Crippen molar-refractivity contribution in [3.8, 4) is 17.2 Å². The zero-order valence-corrected chi connectivity index (χ0v) is 22.1. The molecule has 0 bridgehead atoms. The summed E-state index contributed by atoms with van der Waals surface area (Å²) in [7, 11) is 1.64. The molecule has 2 aromatic carbocycles. The smallest absolute Gasteiger partial charge is 0.284 e. The molecule has 2 aromatic heterocycles. The fourth-order valence-corrected chi connectivity index (χ4v) is 5.31. The molecule has 0 saturated heterocycles. The number of nitrogens with one attached hydrogen (secondary N) is 1. The van der Waals surface area contributed by atoms with Crippen molar-refractivity contribution in [1.82, 2.24) is 19.7 Å². The van der Waals surface area contributed by atoms with E-state index in [1.165, 1.54) is 0 Å². The second kappa shape index (κ2) is 11.1. The minimum atomic E-state index is -0.300. The van der Waals surface area contributed by atoms with Crippen LogP contribution in [0.4, 0.5) is 0 Å². The van der Waals surface area contributed by atoms with Gasteiger partial charge in [0.25, 0.3) is 11.5 Å². The topological polar surface area (TPSA) is 87.4 Å². The lowest BCUT2D eigenvalue weighted by Crippen LogP contribution is -2.41. The summed E-state index contributed by atoms with van der Waals surface area (Å²) < 4.78 is 15.2. The molecule has 0 atom stereocenters. The molecule has 1 fully saturated rings. The Hall–Kier alpha value is -4.07. The van der Waals surface area contributed by atoms with Gasteiger partial charge < -0.3 is 14.8 Å². The highest BCUT2D eigenvalue weighted by Gasteiger charge is 2.28. The van der Waals surface area contributed by atoms with Crippen LogP contribution >= 0.6 is 0 Å². The van der Waals surface area contributed by atoms with Crippen molar-refractivity contribution in [2.24, 2.45) is 0 Å². The number of carbonyl (C=O) groups is 1. The molecule has 1 N–H and O–H groups in total. The van der Waals surface area contributed by atoms with Crippen LogP contribution in [0, 0.1) is 6.92 Å². The van der Waals surface area contributed by atoms with E-state index in [9.17, 15) is 9.59 Å². The Labute approximate surface area is 222 Å². The molecule has 1 aliphatic carbocycles. The zero-order chi connectivity index (χ0) is 26.6. The summed E-state index contributed by atoms with van der Waals surface area (Å²) >= 11 is 0. The van der Waals surface area contributed by atoms with E-state index in [1.54, 1.807) is 18.0 Å². The minimum Gasteiger partial charge on any atom is -0.497 e. The summed E-state index contributed by atoms with van der Waals surface area (Å²) in [4.78, 5) is 31.2. The number of ether oxygens (including phenoxy) is 2. The maximum Gasteiger partial charge on any atom is 0.284 e. The van der Waals surface area contributed by atoms with E-state index in [4.69, 9.17) is 9.47 Å². The predicted octanol–water partition coefficient (Wildman–Crippen LogP) is 5.03. The van der Waals surface area contributed by atoms with Gasteiger partial charge in [0.1, 0.15) is 17.1 Å². The number of pyridine rings is 1. The van der Waals surface area contributed by atoms with Gasteiger partial charge in [-0.25, -0.2) is 4.68 Å². The third-order valence-corrected chi connectivity index (χ3v) is 7.27. The molecule has 198 valence electrons. The number of aromatic nitrogens is 3. The first kappa shape index (κ1) is 25.6. The first-order chi connectivity index (χ1) is 18.5. The number of hydrogen-bond donors (Lipinski definition) is 1. The van der Waals surface area contributed by atoms with Gasteiger partial charge in [-0.1, -0.05) is 25.1 Å². The van der Waals surface area contributed by atoms with Crippen LogP contribution < -0.4 is 20.3 Å². The molecule has 0 radical (unpaired) electrons. The summed E-state index contributed by atoms with van der Waals surface area (Å²) in [6, 6.07) is 17.1. The highest BCUT2D eigenvalue weighted by atomic mass is 16.5. The molecule has 1 aliphatic rings. The Morgan fingerprint density at radius 2 is 1.84 bits per heavy atom. The quantitative estimate of drug-likeness (QED) is 0.356. The lowest BCUT2D eigenvalue weighted by atomic mass is 9.92. The number of hydrogen-bond acceptors (Lipinski definition) is 5. The fourth-order valence-electron chi connectivity index (χ4n) is 5.31. The maximum atomic E-state index is 13.4. The molecule has 4 aromatic rings. The number of benzene rings is 2. The third kappa shape index (κ3) is 5.03. The Kier molecular flexibility index (Phi) is 7.49. The van der Waals surface area contributed by atoms with E-state index in [1.807, 2.05) is 66.2 Å². The summed E-state index contributed by atoms with van der Waals surface area (Å²) in [6.07, 6.45) is 5.86. The highest BCUT2D eigenvalue weighted by molar-refractivity contribution is 5.95. The summed E-state index contributed by atoms with van der Waals surface area (Å²) in [5, 5.41) is 4.08. The third-order valence-electron chi connectivity index (χ3n) is 7.27. The van der Waals surface area contributed by atoms with Gasteiger partial charge in [-0.3, -0.25) is 19.3 Å². The van der Waals surface area contributed by atoms with Gasteiger partial charge in [0.2, 0.25) is 0 Å². The van der Waals surface area contributed by atoms with Crippen molar-refractivity contribution in [2.45, 2.75) is 64.6 Å². The van der Waals surface area contributed by atoms with Crippen molar-refractivity contribution < 1.29 is 14.3 Å². The number of para-hydroxylation sites is 1. The van der Waals surface area contributed by atoms with Gasteiger partial charge in [0, 0.05) is 30.2 Å². The minimum absolute atomic E-state index is 0.000652. The second-order valence-corrected chi connectivity index (χ2v) is 9.79. The normalized spacial score (nSPS) is 17.3. The van der Waals surface area contributed by atoms with Gasteiger partial charge in [-0.15, -0.1) is 0 Å². The predicted molar refractivity (Wildman–Crippen MR) is 147 cm³/mol. The van der Waals surface area contributed by atoms with Gasteiger partial charge >= 0.3 is 0 Å². The monoisotopic (exact) mass is 514 g/mol. The van der Waals surface area contributed by atoms with Crippen LogP contribution in [0.2, 0.25) is 0 Å². The molecule has 0 unspecified atom stereocenters. The van der Waals surface area contributed by atoms with Crippen molar-refractivity contribution in [1.29, 1.82) is 0 Å². The van der Waals surface area contributed by atoms with Crippen molar-refractivity contribution in [3.63, 3.8) is 0 Å². The first-order valence-electron chi connectivity index (χ1n) is 13.3. The van der Waals surface area contributed by atoms with Crippen LogP contribution in [0.5, 0.6) is 11.5 Å². The number of fused-ring (bicyclic) bond motifs is 1. The molecule has 2 heterocycles. The number of carbonyl (C=O) groups excluding carboxylic acids is 1. The number of methoxy groups -OCH3 is 1. The van der Waals surface area contributed by atoms with Crippen LogP contribution in [0.3, 0.4) is 0 Å². The van der Waals surface area contributed by atoms with Crippen molar-refractivity contribution in [2.75, 3.05) is 7.11 Å². The summed E-state index contributed by atoms with van der Waals surface area (Å²) in [5.74, 6) is 1.26. The summed E-state index contributed by atoms with van der Waals surface area (Å²) in [6.45, 7) is 4.57. The van der Waals surface area contributed by atoms with E-state index in [2.05, 4.69) is 17.2 Å². The van der Waals surface area contributed by atoms with Gasteiger partial charge in [0.05, 0.1) is 30.1 Å². The molecule has 0 spiro atoms. The molecule has 0 aliphatic heterocycles. The largest absolute Gasteiger partial charge is 0.497 e. The lowest BCUT2D eigenvalue weighted by molar-refractivity contribution is 0.0893. The standard InChI is InChI=1S/C30H34N4O4/c1-4-18-33-20(2)28(30(36)34(33)22-8-6-5-7-9-22)29(35)32-21-10-12-23(13-11-21)38-27-16-17-31-26-19-24(37-3)14-15-25(26)27/h5-9,14-17,19,21,23H,4,10-13,18H2,1-3H3,(H,32,35)/t21-,23+. The van der Waals surface area contributed by atoms with E-state index in [0.29, 0.717) is 12.2 Å². The molecule has 1 saturated carbocycles. The van der Waals surface area contributed by atoms with E-state index in [0.717, 1.165) is 60.2 Å². The number of nitrogens with zero attached hydrogens (tertiary/aromatic N) is 3. The molecule has 1 amide bonds. The van der Waals surface area contributed by atoms with Crippen LogP contribution in [0.15, 0.2) is 65.6 Å². The van der Waals surface area contributed by atoms with Crippen LogP contribution in [0.25, 0.3) is 16.6 Å². The zero-order valence-electron chi connectivity index (χ0n) is 22.1. The molecule has 8 nitrogen and oxygen atoms in total. The molecular formula is C30H34N4O4. The molecule has 8 heteroatoms. The molecule has 38 heavy (non-hydrogen) atoms. The molecular weight excluding hydrogens is 480 g/mol. The highest BCUT2D eigenvalue weighted by Crippen LogP contribution is 2.31. The van der Waals surface area contributed by atoms with E-state index < -0.39 is 0 Å². The fraction of sp³-hybridized carbons (Fsp3) is 0.367. The Morgan fingerprint density at radius 3 is 2.55 bits per heavy atom. The van der Waals surface area contributed by atoms with Crippen molar-refractivity contribution in [3.05, 3.63) is 82.4 Å². The van der Waals surface area contributed by atoms with Gasteiger partial charge in [-0.05, 0) is 69.4 Å². The first-order valence-corrected chi connectivity index (χ1v) is 13.3. The van der Waals surface area contributed by atoms with Gasteiger partial charge in [0.15, 0.2) is 0 Å². The SMILES string of the molecule is CCCn1c(C)c(C(=O)N[C@H]2CC[C@@H](Oc3ccnc4cc(OC)ccc34)CC2)c(=O)n1-c1ccccc1. The Morgan fingerprint density at radius 1 is 1.08 bits per heavy atom. The number of amides is 1. The van der Waals surface area contributed by atoms with Crippen LogP contribution in [0.1, 0.15) is 55.1 Å². The van der Waals surface area contributed by atoms with Crippen molar-refractivity contribution >= 4 is 16.8 Å².